The average Bonchev–Trinajstić information content (AvgIpc) is 2.17. The van der Waals surface area contributed by atoms with E-state index >= 15 is 0 Å². The van der Waals surface area contributed by atoms with Crippen LogP contribution in [0.3, 0.4) is 0 Å². The molecule has 0 atom stereocenters. The molecule has 0 saturated carbocycles. The second-order valence-electron chi connectivity index (χ2n) is 1.59. The maximum absolute atomic E-state index is 8.12. The third-order valence-electron chi connectivity index (χ3n) is 0.885. The molecule has 0 fully saturated rings. The zero-order valence-electron chi connectivity index (χ0n) is 5.00. The molecule has 1 rings (SSSR count). The van der Waals surface area contributed by atoms with Gasteiger partial charge in [-0.15, -0.1) is 0 Å². The molecule has 1 heterocycles. The van der Waals surface area contributed by atoms with Crippen LogP contribution in [0.4, 0.5) is 0 Å². The van der Waals surface area contributed by atoms with Gasteiger partial charge in [-0.2, -0.15) is 0 Å². The molecule has 3 nitrogen and oxygen atoms in total. The zero-order chi connectivity index (χ0) is 6.69. The van der Waals surface area contributed by atoms with E-state index in [4.69, 9.17) is 9.44 Å². The molecule has 0 bridgehead atoms. The Morgan fingerprint density at radius 1 is 1.67 bits per heavy atom. The van der Waals surface area contributed by atoms with Crippen molar-refractivity contribution in [3.05, 3.63) is 17.9 Å². The summed E-state index contributed by atoms with van der Waals surface area (Å²) in [4.78, 5) is 0. The molecule has 47 valence electrons. The summed E-state index contributed by atoms with van der Waals surface area (Å²) >= 11 is 0. The Morgan fingerprint density at radius 2 is 2.44 bits per heavy atom. The van der Waals surface area contributed by atoms with Crippen LogP contribution in [0.5, 0.6) is 5.95 Å². The first-order valence-corrected chi connectivity index (χ1v) is 2.52. The molecule has 0 aliphatic rings. The molecule has 0 spiro atoms. The molecule has 0 amide bonds. The Labute approximate surface area is 53.6 Å². The lowest BCUT2D eigenvalue weighted by molar-refractivity contribution is 0.350. The predicted octanol–water partition coefficient (Wildman–Crippen LogP) is 0.493. The number of hydrogen-bond donors (Lipinski definition) is 1. The van der Waals surface area contributed by atoms with Crippen LogP contribution in [-0.4, -0.2) is 12.7 Å². The molecule has 1 radical (unpaired) electrons. The highest BCUT2D eigenvalue weighted by Gasteiger charge is 1.97. The maximum atomic E-state index is 8.12. The highest BCUT2D eigenvalue weighted by molar-refractivity contribution is 6.17. The summed E-state index contributed by atoms with van der Waals surface area (Å²) in [6, 6.07) is 3.38. The first-order valence-electron chi connectivity index (χ1n) is 2.52. The van der Waals surface area contributed by atoms with Crippen molar-refractivity contribution in [2.24, 2.45) is 0 Å². The lowest BCUT2D eigenvalue weighted by atomic mass is 10.4. The third-order valence-corrected chi connectivity index (χ3v) is 0.885. The average molecular weight is 125 g/mol. The van der Waals surface area contributed by atoms with Gasteiger partial charge in [0.15, 0.2) is 0 Å². The van der Waals surface area contributed by atoms with Crippen molar-refractivity contribution in [2.45, 2.75) is 6.92 Å². The number of rotatable bonds is 2. The monoisotopic (exact) mass is 125 g/mol. The first-order chi connectivity index (χ1) is 4.33. The van der Waals surface area contributed by atoms with Crippen molar-refractivity contribution in [1.29, 1.82) is 0 Å². The number of hydrogen-bond acceptors (Lipinski definition) is 3. The van der Waals surface area contributed by atoms with Gasteiger partial charge in [0.05, 0.1) is 0 Å². The van der Waals surface area contributed by atoms with Gasteiger partial charge in [0.2, 0.25) is 0 Å². The van der Waals surface area contributed by atoms with Crippen LogP contribution in [0, 0.1) is 6.92 Å². The van der Waals surface area contributed by atoms with E-state index in [9.17, 15) is 0 Å². The molecule has 0 unspecified atom stereocenters. The van der Waals surface area contributed by atoms with Gasteiger partial charge in [0.25, 0.3) is 5.95 Å². The second kappa shape index (κ2) is 2.59. The molecular formula is C5H6BO3. The predicted molar refractivity (Wildman–Crippen MR) is 32.0 cm³/mol. The van der Waals surface area contributed by atoms with Crippen molar-refractivity contribution in [1.82, 2.24) is 0 Å². The molecule has 0 saturated heterocycles. The van der Waals surface area contributed by atoms with E-state index in [1.54, 1.807) is 19.1 Å². The van der Waals surface area contributed by atoms with Gasteiger partial charge < -0.3 is 14.1 Å². The van der Waals surface area contributed by atoms with E-state index < -0.39 is 0 Å². The Balaban J connectivity index is 2.61. The SMILES string of the molecule is Cc1ccc(O[B]O)o1. The smallest absolute Gasteiger partial charge is 0.510 e. The Bertz CT molecular complexity index is 184. The van der Waals surface area contributed by atoms with Crippen molar-refractivity contribution in [3.63, 3.8) is 0 Å². The summed E-state index contributed by atoms with van der Waals surface area (Å²) in [5, 5.41) is 8.12. The van der Waals surface area contributed by atoms with E-state index in [1.165, 1.54) is 0 Å². The number of furan rings is 1. The largest absolute Gasteiger partial charge is 0.571 e. The summed E-state index contributed by atoms with van der Waals surface area (Å²) < 4.78 is 9.40. The van der Waals surface area contributed by atoms with Crippen molar-refractivity contribution in [2.75, 3.05) is 0 Å². The summed E-state index contributed by atoms with van der Waals surface area (Å²) in [6.45, 7) is 1.80. The molecule has 1 aromatic rings. The van der Waals surface area contributed by atoms with Gasteiger partial charge in [-0.05, 0) is 13.0 Å². The minimum atomic E-state index is 0.301. The lowest BCUT2D eigenvalue weighted by Crippen LogP contribution is -1.97. The minimum Gasteiger partial charge on any atom is -0.510 e. The normalized spacial score (nSPS) is 9.11. The Hall–Kier alpha value is -0.895. The van der Waals surface area contributed by atoms with E-state index in [-0.39, 0.29) is 0 Å². The molecule has 0 aliphatic heterocycles. The highest BCUT2D eigenvalue weighted by Crippen LogP contribution is 2.13. The molecule has 1 aromatic heterocycles. The fourth-order valence-electron chi connectivity index (χ4n) is 0.527. The van der Waals surface area contributed by atoms with E-state index in [2.05, 4.69) is 4.65 Å². The van der Waals surface area contributed by atoms with Gasteiger partial charge in [0.1, 0.15) is 5.76 Å². The van der Waals surface area contributed by atoms with Crippen molar-refractivity contribution in [3.8, 4) is 5.95 Å². The fraction of sp³-hybridized carbons (Fsp3) is 0.200. The Kier molecular flexibility index (Phi) is 1.79. The second-order valence-corrected chi connectivity index (χ2v) is 1.59. The Morgan fingerprint density at radius 3 is 2.89 bits per heavy atom. The number of aryl methyl sites for hydroxylation is 1. The zero-order valence-corrected chi connectivity index (χ0v) is 5.00. The molecular weight excluding hydrogens is 119 g/mol. The van der Waals surface area contributed by atoms with Crippen LogP contribution < -0.4 is 4.65 Å². The van der Waals surface area contributed by atoms with E-state index in [0.717, 1.165) is 5.76 Å². The van der Waals surface area contributed by atoms with Gasteiger partial charge in [-0.1, -0.05) is 0 Å². The van der Waals surface area contributed by atoms with Crippen LogP contribution in [0.15, 0.2) is 16.5 Å². The van der Waals surface area contributed by atoms with Gasteiger partial charge in [-0.25, -0.2) is 0 Å². The first kappa shape index (κ1) is 6.23. The molecule has 0 aromatic carbocycles. The van der Waals surface area contributed by atoms with Crippen LogP contribution in [0.1, 0.15) is 5.76 Å². The molecule has 4 heteroatoms. The highest BCUT2D eigenvalue weighted by atomic mass is 16.6. The van der Waals surface area contributed by atoms with Crippen LogP contribution >= 0.6 is 0 Å². The van der Waals surface area contributed by atoms with Gasteiger partial charge in [0, 0.05) is 6.07 Å². The molecule has 1 N–H and O–H groups in total. The maximum Gasteiger partial charge on any atom is 0.571 e. The van der Waals surface area contributed by atoms with Crippen molar-refractivity contribution >= 4 is 7.69 Å². The molecule has 0 aliphatic carbocycles. The van der Waals surface area contributed by atoms with Crippen LogP contribution in [-0.2, 0) is 0 Å². The van der Waals surface area contributed by atoms with Crippen LogP contribution in [0.2, 0.25) is 0 Å². The summed E-state index contributed by atoms with van der Waals surface area (Å²) in [5.41, 5.74) is 0. The fourth-order valence-corrected chi connectivity index (χ4v) is 0.527. The van der Waals surface area contributed by atoms with Crippen LogP contribution in [0.25, 0.3) is 0 Å². The van der Waals surface area contributed by atoms with Crippen molar-refractivity contribution < 1.29 is 14.1 Å². The van der Waals surface area contributed by atoms with Gasteiger partial charge in [-0.3, -0.25) is 0 Å². The van der Waals surface area contributed by atoms with E-state index in [0.29, 0.717) is 13.6 Å². The molecule has 9 heavy (non-hydrogen) atoms. The standard InChI is InChI=1S/C5H6BO3/c1-4-2-3-5(8-4)9-6-7/h2-3,7H,1H3. The lowest BCUT2D eigenvalue weighted by Gasteiger charge is -1.91. The topological polar surface area (TPSA) is 42.6 Å². The van der Waals surface area contributed by atoms with E-state index in [1.807, 2.05) is 0 Å². The third kappa shape index (κ3) is 1.50. The quantitative estimate of drug-likeness (QED) is 0.585. The summed E-state index contributed by atoms with van der Waals surface area (Å²) in [6.07, 6.45) is 0. The van der Waals surface area contributed by atoms with Gasteiger partial charge >= 0.3 is 7.69 Å². The minimum absolute atomic E-state index is 0.301. The summed E-state index contributed by atoms with van der Waals surface area (Å²) in [7, 11) is 0.582. The summed E-state index contributed by atoms with van der Waals surface area (Å²) in [5.74, 6) is 1.06.